The van der Waals surface area contributed by atoms with Gasteiger partial charge in [-0.1, -0.05) is 36.7 Å². The number of halogens is 2. The summed E-state index contributed by atoms with van der Waals surface area (Å²) in [5.74, 6) is -0.410. The number of benzene rings is 2. The van der Waals surface area contributed by atoms with E-state index in [-0.39, 0.29) is 29.9 Å². The average Bonchev–Trinajstić information content (AvgIpc) is 2.68. The summed E-state index contributed by atoms with van der Waals surface area (Å²) in [5.41, 5.74) is 7.39. The van der Waals surface area contributed by atoms with E-state index < -0.39 is 18.0 Å². The minimum Gasteiger partial charge on any atom is -0.493 e. The van der Waals surface area contributed by atoms with Gasteiger partial charge in [-0.15, -0.1) is 0 Å². The third-order valence-electron chi connectivity index (χ3n) is 4.32. The third-order valence-corrected chi connectivity index (χ3v) is 4.61. The first-order valence-electron chi connectivity index (χ1n) is 8.49. The maximum Gasteiger partial charge on any atom is 0.309 e. The van der Waals surface area contributed by atoms with Crippen molar-refractivity contribution in [2.75, 3.05) is 13.7 Å². The Labute approximate surface area is 162 Å². The van der Waals surface area contributed by atoms with E-state index in [0.717, 1.165) is 5.56 Å². The molecule has 3 atom stereocenters. The van der Waals surface area contributed by atoms with Crippen molar-refractivity contribution in [3.05, 3.63) is 64.4 Å². The molecule has 0 aliphatic carbocycles. The van der Waals surface area contributed by atoms with Gasteiger partial charge in [0.05, 0.1) is 31.3 Å². The van der Waals surface area contributed by atoms with E-state index in [1.54, 1.807) is 24.3 Å². The van der Waals surface area contributed by atoms with E-state index >= 15 is 0 Å². The predicted octanol–water partition coefficient (Wildman–Crippen LogP) is 3.27. The van der Waals surface area contributed by atoms with Gasteiger partial charge in [-0.2, -0.15) is 0 Å². The quantitative estimate of drug-likeness (QED) is 0.670. The van der Waals surface area contributed by atoms with Crippen LogP contribution in [0.15, 0.2) is 42.5 Å². The van der Waals surface area contributed by atoms with Crippen molar-refractivity contribution < 1.29 is 23.8 Å². The van der Waals surface area contributed by atoms with Crippen LogP contribution in [0.4, 0.5) is 4.39 Å². The largest absolute Gasteiger partial charge is 0.493 e. The molecule has 0 aliphatic heterocycles. The highest BCUT2D eigenvalue weighted by molar-refractivity contribution is 6.30. The smallest absolute Gasteiger partial charge is 0.309 e. The monoisotopic (exact) mass is 395 g/mol. The summed E-state index contributed by atoms with van der Waals surface area (Å²) in [6.07, 6.45) is -0.797. The number of ether oxygens (including phenoxy) is 2. The third kappa shape index (κ3) is 5.92. The first-order chi connectivity index (χ1) is 12.8. The molecule has 0 aliphatic rings. The van der Waals surface area contributed by atoms with Crippen molar-refractivity contribution in [1.29, 1.82) is 0 Å². The summed E-state index contributed by atoms with van der Waals surface area (Å²) in [7, 11) is 1.35. The molecule has 2 aromatic rings. The van der Waals surface area contributed by atoms with Crippen molar-refractivity contribution in [3.8, 4) is 5.75 Å². The number of esters is 1. The summed E-state index contributed by atoms with van der Waals surface area (Å²) < 4.78 is 23.6. The van der Waals surface area contributed by atoms with Gasteiger partial charge in [0.25, 0.3) is 0 Å². The number of rotatable bonds is 8. The molecule has 0 radical (unpaired) electrons. The molecule has 3 N–H and O–H groups in total. The number of nitrogens with two attached hydrogens (primary N) is 1. The molecule has 0 saturated carbocycles. The molecule has 5 nitrogen and oxygen atoms in total. The Morgan fingerprint density at radius 3 is 2.52 bits per heavy atom. The predicted molar refractivity (Wildman–Crippen MR) is 101 cm³/mol. The van der Waals surface area contributed by atoms with E-state index in [9.17, 15) is 14.3 Å². The lowest BCUT2D eigenvalue weighted by atomic mass is 9.93. The van der Waals surface area contributed by atoms with Crippen LogP contribution >= 0.6 is 11.6 Å². The number of methoxy groups -OCH3 is 1. The van der Waals surface area contributed by atoms with E-state index in [1.807, 2.05) is 6.92 Å². The van der Waals surface area contributed by atoms with Gasteiger partial charge in [0.2, 0.25) is 0 Å². The Hall–Kier alpha value is -2.15. The fourth-order valence-electron chi connectivity index (χ4n) is 2.51. The summed E-state index contributed by atoms with van der Waals surface area (Å²) in [4.78, 5) is 11.3. The van der Waals surface area contributed by atoms with Gasteiger partial charge in [0.15, 0.2) is 0 Å². The van der Waals surface area contributed by atoms with Crippen LogP contribution in [0.5, 0.6) is 5.75 Å². The van der Waals surface area contributed by atoms with Gasteiger partial charge in [0.1, 0.15) is 11.6 Å². The Morgan fingerprint density at radius 2 is 1.93 bits per heavy atom. The van der Waals surface area contributed by atoms with Crippen LogP contribution in [0, 0.1) is 11.7 Å². The molecular weight excluding hydrogens is 373 g/mol. The van der Waals surface area contributed by atoms with Crippen LogP contribution in [-0.2, 0) is 16.0 Å². The minimum absolute atomic E-state index is 0.0605. The molecule has 0 aromatic heterocycles. The van der Waals surface area contributed by atoms with Gasteiger partial charge in [0, 0.05) is 12.0 Å². The van der Waals surface area contributed by atoms with E-state index in [0.29, 0.717) is 11.3 Å². The van der Waals surface area contributed by atoms with Gasteiger partial charge < -0.3 is 20.3 Å². The summed E-state index contributed by atoms with van der Waals surface area (Å²) in [6, 6.07) is 10.5. The number of carbonyl (C=O) groups excluding carboxylic acids is 1. The van der Waals surface area contributed by atoms with Crippen LogP contribution < -0.4 is 10.5 Å². The zero-order chi connectivity index (χ0) is 20.0. The summed E-state index contributed by atoms with van der Waals surface area (Å²) in [6.45, 7) is 2.13. The molecule has 7 heteroatoms. The highest BCUT2D eigenvalue weighted by Gasteiger charge is 2.24. The molecule has 2 aromatic carbocycles. The molecule has 0 amide bonds. The summed E-state index contributed by atoms with van der Waals surface area (Å²) >= 11 is 5.76. The zero-order valence-corrected chi connectivity index (χ0v) is 15.9. The molecule has 0 bridgehead atoms. The maximum absolute atomic E-state index is 13.3. The number of aliphatic hydroxyl groups is 1. The molecule has 27 heavy (non-hydrogen) atoms. The van der Waals surface area contributed by atoms with Crippen LogP contribution in [0.2, 0.25) is 5.02 Å². The van der Waals surface area contributed by atoms with Crippen molar-refractivity contribution in [2.45, 2.75) is 25.5 Å². The van der Waals surface area contributed by atoms with E-state index in [4.69, 9.17) is 22.1 Å². The zero-order valence-electron chi connectivity index (χ0n) is 15.2. The number of hydrogen-bond acceptors (Lipinski definition) is 5. The van der Waals surface area contributed by atoms with Crippen LogP contribution in [-0.4, -0.2) is 30.8 Å². The van der Waals surface area contributed by atoms with Crippen LogP contribution in [0.1, 0.15) is 24.2 Å². The van der Waals surface area contributed by atoms with Gasteiger partial charge in [-0.3, -0.25) is 4.79 Å². The van der Waals surface area contributed by atoms with Crippen molar-refractivity contribution in [1.82, 2.24) is 0 Å². The first-order valence-corrected chi connectivity index (χ1v) is 8.86. The molecule has 0 fully saturated rings. The van der Waals surface area contributed by atoms with Gasteiger partial charge in [-0.05, 0) is 35.4 Å². The highest BCUT2D eigenvalue weighted by atomic mass is 35.5. The molecule has 0 heterocycles. The SMILES string of the molecule is COC(=O)Cc1ccc(OCC(C)C(N)C(O)c2ccc(F)c(Cl)c2)cc1. The Bertz CT molecular complexity index is 769. The lowest BCUT2D eigenvalue weighted by molar-refractivity contribution is -0.139. The number of hydrogen-bond donors (Lipinski definition) is 2. The fourth-order valence-corrected chi connectivity index (χ4v) is 2.70. The van der Waals surface area contributed by atoms with Gasteiger partial charge in [-0.25, -0.2) is 4.39 Å². The fraction of sp³-hybridized carbons (Fsp3) is 0.350. The topological polar surface area (TPSA) is 81.8 Å². The van der Waals surface area contributed by atoms with Crippen molar-refractivity contribution >= 4 is 17.6 Å². The molecule has 0 spiro atoms. The molecule has 2 rings (SSSR count). The van der Waals surface area contributed by atoms with Crippen molar-refractivity contribution in [3.63, 3.8) is 0 Å². The first kappa shape index (κ1) is 21.2. The molecule has 146 valence electrons. The molecular formula is C20H23ClFNO4. The Kier molecular flexibility index (Phi) is 7.59. The van der Waals surface area contributed by atoms with Crippen LogP contribution in [0.3, 0.4) is 0 Å². The maximum atomic E-state index is 13.3. The van der Waals surface area contributed by atoms with Crippen molar-refractivity contribution in [2.24, 2.45) is 11.7 Å². The second kappa shape index (κ2) is 9.69. The summed E-state index contributed by atoms with van der Waals surface area (Å²) in [5, 5.41) is 10.3. The second-order valence-electron chi connectivity index (χ2n) is 6.38. The highest BCUT2D eigenvalue weighted by Crippen LogP contribution is 2.25. The molecule has 3 unspecified atom stereocenters. The Morgan fingerprint density at radius 1 is 1.26 bits per heavy atom. The number of aliphatic hydroxyl groups excluding tert-OH is 1. The normalized spacial score (nSPS) is 14.3. The lowest BCUT2D eigenvalue weighted by Gasteiger charge is -2.25. The standard InChI is InChI=1S/C20H23ClFNO4/c1-12(19(23)20(25)14-5-8-17(22)16(21)10-14)11-27-15-6-3-13(4-7-15)9-18(24)26-2/h3-8,10,12,19-20,25H,9,11,23H2,1-2H3. The number of carbonyl (C=O) groups is 1. The Balaban J connectivity index is 1.91. The van der Waals surface area contributed by atoms with Gasteiger partial charge >= 0.3 is 5.97 Å². The second-order valence-corrected chi connectivity index (χ2v) is 6.79. The lowest BCUT2D eigenvalue weighted by Crippen LogP contribution is -2.37. The average molecular weight is 396 g/mol. The van der Waals surface area contributed by atoms with E-state index in [2.05, 4.69) is 4.74 Å². The minimum atomic E-state index is -0.996. The van der Waals surface area contributed by atoms with Crippen LogP contribution in [0.25, 0.3) is 0 Å². The van der Waals surface area contributed by atoms with E-state index in [1.165, 1.54) is 25.3 Å². The molecule has 0 saturated heterocycles.